The van der Waals surface area contributed by atoms with Crippen LogP contribution in [0.1, 0.15) is 105 Å². The molecular weight excluding hydrogens is 727 g/mol. The summed E-state index contributed by atoms with van der Waals surface area (Å²) in [7, 11) is -3.99. The van der Waals surface area contributed by atoms with E-state index in [0.717, 1.165) is 53.7 Å². The molecule has 1 saturated carbocycles. The van der Waals surface area contributed by atoms with E-state index in [0.29, 0.717) is 54.8 Å². The van der Waals surface area contributed by atoms with Crippen LogP contribution >= 0.6 is 11.3 Å². The van der Waals surface area contributed by atoms with E-state index < -0.39 is 33.8 Å². The summed E-state index contributed by atoms with van der Waals surface area (Å²) in [6.45, 7) is 2.18. The van der Waals surface area contributed by atoms with Crippen molar-refractivity contribution in [3.05, 3.63) is 111 Å². The van der Waals surface area contributed by atoms with E-state index in [1.54, 1.807) is 24.3 Å². The van der Waals surface area contributed by atoms with Gasteiger partial charge in [0.15, 0.2) is 0 Å². The number of carbonyl (C=O) groups excluding carboxylic acids is 2. The van der Waals surface area contributed by atoms with Crippen LogP contribution in [0.2, 0.25) is 0 Å². The van der Waals surface area contributed by atoms with Gasteiger partial charge in [-0.3, -0.25) is 14.4 Å². The van der Waals surface area contributed by atoms with Crippen molar-refractivity contribution in [1.82, 2.24) is 4.31 Å². The molecule has 0 unspecified atom stereocenters. The molecule has 0 radical (unpaired) electrons. The number of fused-ring (bicyclic) bond motifs is 1. The number of nitrogens with one attached hydrogen (secondary N) is 2. The van der Waals surface area contributed by atoms with Crippen molar-refractivity contribution in [2.45, 2.75) is 88.5 Å². The van der Waals surface area contributed by atoms with Gasteiger partial charge in [-0.1, -0.05) is 37.3 Å². The number of nitrogens with zero attached hydrogens (tertiary/aromatic N) is 1. The Morgan fingerprint density at radius 3 is 2.07 bits per heavy atom. The molecule has 1 fully saturated rings. The minimum absolute atomic E-state index is 0.00747. The second-order valence-electron chi connectivity index (χ2n) is 14.0. The molecular formula is C41H45N3O8S2. The maximum atomic E-state index is 14.0. The van der Waals surface area contributed by atoms with Gasteiger partial charge in [0.1, 0.15) is 5.00 Å². The number of aliphatic carboxylic acids is 1. The number of aromatic carboxylic acids is 1. The average Bonchev–Trinajstić information content (AvgIpc) is 3.54. The standard InChI is InChI=1S/C41H45N3O8S2/c1-2-24-44(32-22-18-29(19-23-32)41(49)50)54(51,52)33-7-5-6-30(25-33)37(45)43-39-36(34-8-3-4-9-35(34)53-39)38(46)42-31-20-14-27(15-21-31)11-10-26-12-16-28(17-13-26)40(47)48/h5-7,12-17,20-21,25,29,32H,2-4,8-11,18-19,22-24H2,1H3,(H,42,46)(H,43,45)(H,47,48)(H,49,50). The molecule has 6 rings (SSSR count). The number of benzene rings is 3. The molecule has 3 aromatic carbocycles. The molecule has 2 aliphatic carbocycles. The molecule has 13 heteroatoms. The van der Waals surface area contributed by atoms with Crippen LogP contribution in [-0.4, -0.2) is 59.3 Å². The van der Waals surface area contributed by atoms with E-state index in [1.807, 2.05) is 43.3 Å². The first-order chi connectivity index (χ1) is 25.9. The lowest BCUT2D eigenvalue weighted by atomic mass is 9.86. The van der Waals surface area contributed by atoms with Gasteiger partial charge in [-0.2, -0.15) is 4.31 Å². The quantitative estimate of drug-likeness (QED) is 0.101. The fraction of sp³-hybridized carbons (Fsp3) is 0.366. The number of rotatable bonds is 14. The highest BCUT2D eigenvalue weighted by molar-refractivity contribution is 7.89. The largest absolute Gasteiger partial charge is 0.481 e. The van der Waals surface area contributed by atoms with Crippen LogP contribution in [0, 0.1) is 5.92 Å². The Kier molecular flexibility index (Phi) is 12.3. The predicted molar refractivity (Wildman–Crippen MR) is 208 cm³/mol. The van der Waals surface area contributed by atoms with Gasteiger partial charge in [-0.15, -0.1) is 11.3 Å². The van der Waals surface area contributed by atoms with Gasteiger partial charge in [0.25, 0.3) is 11.8 Å². The van der Waals surface area contributed by atoms with Gasteiger partial charge in [0, 0.05) is 28.7 Å². The Bertz CT molecular complexity index is 2120. The zero-order chi connectivity index (χ0) is 38.4. The number of carboxylic acids is 2. The van der Waals surface area contributed by atoms with Crippen molar-refractivity contribution in [3.63, 3.8) is 0 Å². The lowest BCUT2D eigenvalue weighted by molar-refractivity contribution is -0.143. The average molecular weight is 772 g/mol. The summed E-state index contributed by atoms with van der Waals surface area (Å²) in [5.41, 5.74) is 4.43. The van der Waals surface area contributed by atoms with E-state index in [2.05, 4.69) is 10.6 Å². The van der Waals surface area contributed by atoms with Crippen LogP contribution in [0.3, 0.4) is 0 Å². The molecule has 0 atom stereocenters. The molecule has 1 aromatic heterocycles. The summed E-state index contributed by atoms with van der Waals surface area (Å²) in [5, 5.41) is 24.9. The van der Waals surface area contributed by atoms with Gasteiger partial charge in [-0.05, 0) is 130 Å². The third-order valence-corrected chi connectivity index (χ3v) is 13.5. The van der Waals surface area contributed by atoms with Crippen LogP contribution in [-0.2, 0) is 40.5 Å². The number of carbonyl (C=O) groups is 4. The lowest BCUT2D eigenvalue weighted by Gasteiger charge is -2.35. The molecule has 4 aromatic rings. The molecule has 0 spiro atoms. The number of sulfonamides is 1. The molecule has 0 saturated heterocycles. The topological polar surface area (TPSA) is 170 Å². The Morgan fingerprint density at radius 1 is 0.796 bits per heavy atom. The smallest absolute Gasteiger partial charge is 0.335 e. The molecule has 0 aliphatic heterocycles. The molecule has 2 aliphatic rings. The molecule has 2 amide bonds. The number of anilines is 2. The van der Waals surface area contributed by atoms with E-state index >= 15 is 0 Å². The molecule has 284 valence electrons. The van der Waals surface area contributed by atoms with Crippen LogP contribution < -0.4 is 10.6 Å². The van der Waals surface area contributed by atoms with Crippen molar-refractivity contribution in [1.29, 1.82) is 0 Å². The number of amides is 2. The zero-order valence-corrected chi connectivity index (χ0v) is 31.8. The second kappa shape index (κ2) is 17.1. The van der Waals surface area contributed by atoms with Crippen molar-refractivity contribution in [3.8, 4) is 0 Å². The highest BCUT2D eigenvalue weighted by atomic mass is 32.2. The highest BCUT2D eigenvalue weighted by Gasteiger charge is 2.36. The van der Waals surface area contributed by atoms with E-state index in [-0.39, 0.29) is 34.5 Å². The maximum Gasteiger partial charge on any atom is 0.335 e. The number of carboxylic acid groups (broad SMARTS) is 2. The van der Waals surface area contributed by atoms with E-state index in [9.17, 15) is 32.7 Å². The fourth-order valence-corrected chi connectivity index (χ4v) is 10.5. The Hall–Kier alpha value is -4.85. The number of hydrogen-bond acceptors (Lipinski definition) is 7. The van der Waals surface area contributed by atoms with Gasteiger partial charge in [0.05, 0.1) is 21.9 Å². The van der Waals surface area contributed by atoms with Crippen LogP contribution in [0.25, 0.3) is 0 Å². The van der Waals surface area contributed by atoms with Crippen molar-refractivity contribution in [2.75, 3.05) is 17.2 Å². The zero-order valence-electron chi connectivity index (χ0n) is 30.2. The molecule has 54 heavy (non-hydrogen) atoms. The van der Waals surface area contributed by atoms with Crippen LogP contribution in [0.5, 0.6) is 0 Å². The first kappa shape index (κ1) is 38.9. The highest BCUT2D eigenvalue weighted by Crippen LogP contribution is 2.39. The monoisotopic (exact) mass is 771 g/mol. The third kappa shape index (κ3) is 8.91. The first-order valence-electron chi connectivity index (χ1n) is 18.5. The third-order valence-electron chi connectivity index (χ3n) is 10.3. The molecule has 11 nitrogen and oxygen atoms in total. The summed E-state index contributed by atoms with van der Waals surface area (Å²) in [6.07, 6.45) is 7.24. The number of aryl methyl sites for hydroxylation is 3. The summed E-state index contributed by atoms with van der Waals surface area (Å²) in [6, 6.07) is 20.0. The summed E-state index contributed by atoms with van der Waals surface area (Å²) in [5.74, 6) is -3.13. The van der Waals surface area contributed by atoms with Gasteiger partial charge in [0.2, 0.25) is 10.0 Å². The van der Waals surface area contributed by atoms with Gasteiger partial charge in [-0.25, -0.2) is 13.2 Å². The van der Waals surface area contributed by atoms with E-state index in [4.69, 9.17) is 5.11 Å². The van der Waals surface area contributed by atoms with Crippen molar-refractivity contribution < 1.29 is 37.8 Å². The number of hydrogen-bond donors (Lipinski definition) is 4. The number of thiophene rings is 1. The maximum absolute atomic E-state index is 14.0. The van der Waals surface area contributed by atoms with Gasteiger partial charge >= 0.3 is 11.9 Å². The predicted octanol–water partition coefficient (Wildman–Crippen LogP) is 7.66. The normalized spacial score (nSPS) is 17.1. The van der Waals surface area contributed by atoms with Gasteiger partial charge < -0.3 is 20.8 Å². The Labute approximate surface area is 319 Å². The summed E-state index contributed by atoms with van der Waals surface area (Å²) >= 11 is 1.38. The summed E-state index contributed by atoms with van der Waals surface area (Å²) in [4.78, 5) is 51.3. The SMILES string of the molecule is CCCN(C1CCC(C(=O)O)CC1)S(=O)(=O)c1cccc(C(=O)Nc2sc3c(c2C(=O)Nc2ccc(CCc4ccc(C(=O)O)cc4)cc2)CCCC3)c1. The first-order valence-corrected chi connectivity index (χ1v) is 20.7. The van der Waals surface area contributed by atoms with E-state index in [1.165, 1.54) is 27.8 Å². The van der Waals surface area contributed by atoms with Crippen molar-refractivity contribution >= 4 is 55.8 Å². The Balaban J connectivity index is 1.16. The molecule has 4 N–H and O–H groups in total. The molecule has 0 bridgehead atoms. The summed E-state index contributed by atoms with van der Waals surface area (Å²) < 4.78 is 29.4. The van der Waals surface area contributed by atoms with Crippen molar-refractivity contribution in [2.24, 2.45) is 5.92 Å². The van der Waals surface area contributed by atoms with Crippen LogP contribution in [0.15, 0.2) is 77.7 Å². The second-order valence-corrected chi connectivity index (χ2v) is 17.0. The fourth-order valence-electron chi connectivity index (χ4n) is 7.38. The van der Waals surface area contributed by atoms with Crippen LogP contribution in [0.4, 0.5) is 10.7 Å². The Morgan fingerprint density at radius 2 is 1.44 bits per heavy atom. The lowest BCUT2D eigenvalue weighted by Crippen LogP contribution is -2.43. The minimum Gasteiger partial charge on any atom is -0.481 e. The molecule has 1 heterocycles. The minimum atomic E-state index is -3.99.